The van der Waals surface area contributed by atoms with Crippen molar-refractivity contribution in [3.05, 3.63) is 52.0 Å². The quantitative estimate of drug-likeness (QED) is 0.808. The molecule has 0 aliphatic rings. The zero-order valence-corrected chi connectivity index (χ0v) is 14.8. The van der Waals surface area contributed by atoms with Gasteiger partial charge in [-0.05, 0) is 29.8 Å². The molecule has 0 aliphatic carbocycles. The zero-order chi connectivity index (χ0) is 17.5. The minimum Gasteiger partial charge on any atom is -0.493 e. The molecule has 1 amide bonds. The average molecular weight is 370 g/mol. The van der Waals surface area contributed by atoms with Crippen molar-refractivity contribution >= 4 is 29.1 Å². The molecule has 0 bridgehead atoms. The van der Waals surface area contributed by atoms with E-state index in [0.29, 0.717) is 33.8 Å². The van der Waals surface area contributed by atoms with Crippen LogP contribution in [-0.2, 0) is 11.3 Å². The Morgan fingerprint density at radius 2 is 1.71 bits per heavy atom. The molecule has 5 nitrogen and oxygen atoms in total. The van der Waals surface area contributed by atoms with E-state index in [2.05, 4.69) is 5.32 Å². The highest BCUT2D eigenvalue weighted by Gasteiger charge is 2.10. The monoisotopic (exact) mass is 369 g/mol. The van der Waals surface area contributed by atoms with Crippen molar-refractivity contribution in [3.8, 4) is 17.2 Å². The van der Waals surface area contributed by atoms with E-state index in [1.807, 2.05) is 6.07 Å². The van der Waals surface area contributed by atoms with Crippen molar-refractivity contribution in [2.45, 2.75) is 6.54 Å². The highest BCUT2D eigenvalue weighted by atomic mass is 35.5. The summed E-state index contributed by atoms with van der Waals surface area (Å²) in [5.74, 6) is 1.23. The van der Waals surface area contributed by atoms with Crippen LogP contribution in [0.15, 0.2) is 36.4 Å². The van der Waals surface area contributed by atoms with E-state index in [0.717, 1.165) is 5.56 Å². The highest BCUT2D eigenvalue weighted by Crippen LogP contribution is 2.32. The van der Waals surface area contributed by atoms with Gasteiger partial charge in [0.25, 0.3) is 5.91 Å². The Kier molecular flexibility index (Phi) is 6.58. The lowest BCUT2D eigenvalue weighted by molar-refractivity contribution is -0.123. The number of nitrogens with one attached hydrogen (secondary N) is 1. The van der Waals surface area contributed by atoms with Gasteiger partial charge >= 0.3 is 0 Å². The number of carbonyl (C=O) groups excluding carboxylic acids is 1. The summed E-state index contributed by atoms with van der Waals surface area (Å²) in [5.41, 5.74) is 0.872. The van der Waals surface area contributed by atoms with Crippen LogP contribution in [0.5, 0.6) is 17.2 Å². The normalized spacial score (nSPS) is 10.2. The molecule has 0 unspecified atom stereocenters. The molecular formula is C17H17Cl2NO4. The van der Waals surface area contributed by atoms with Crippen LogP contribution >= 0.6 is 23.2 Å². The summed E-state index contributed by atoms with van der Waals surface area (Å²) in [5, 5.41) is 3.46. The summed E-state index contributed by atoms with van der Waals surface area (Å²) in [6.07, 6.45) is 0. The molecule has 2 aromatic carbocycles. The second-order valence-corrected chi connectivity index (χ2v) is 5.62. The first-order valence-corrected chi connectivity index (χ1v) is 7.85. The Bertz CT molecular complexity index is 701. The van der Waals surface area contributed by atoms with E-state index in [1.54, 1.807) is 44.6 Å². The maximum Gasteiger partial charge on any atom is 0.258 e. The number of amides is 1. The number of rotatable bonds is 7. The lowest BCUT2D eigenvalue weighted by Gasteiger charge is -2.11. The molecule has 7 heteroatoms. The van der Waals surface area contributed by atoms with Crippen LogP contribution in [-0.4, -0.2) is 26.7 Å². The summed E-state index contributed by atoms with van der Waals surface area (Å²) in [6.45, 7) is 0.148. The summed E-state index contributed by atoms with van der Waals surface area (Å²) in [4.78, 5) is 11.9. The molecular weight excluding hydrogens is 353 g/mol. The first kappa shape index (κ1) is 18.2. The maximum absolute atomic E-state index is 11.9. The molecule has 0 atom stereocenters. The van der Waals surface area contributed by atoms with Gasteiger partial charge in [0.05, 0.1) is 24.3 Å². The first-order valence-electron chi connectivity index (χ1n) is 7.09. The molecule has 0 spiro atoms. The third kappa shape index (κ3) is 4.69. The highest BCUT2D eigenvalue weighted by molar-refractivity contribution is 6.37. The lowest BCUT2D eigenvalue weighted by atomic mass is 10.2. The molecule has 128 valence electrons. The number of hydrogen-bond donors (Lipinski definition) is 1. The molecule has 1 N–H and O–H groups in total. The van der Waals surface area contributed by atoms with Crippen LogP contribution in [0.1, 0.15) is 5.56 Å². The van der Waals surface area contributed by atoms with Crippen LogP contribution in [0.2, 0.25) is 10.0 Å². The van der Waals surface area contributed by atoms with Crippen LogP contribution in [0.3, 0.4) is 0 Å². The fourth-order valence-electron chi connectivity index (χ4n) is 2.00. The molecule has 0 fully saturated rings. The van der Waals surface area contributed by atoms with Crippen LogP contribution in [0.4, 0.5) is 0 Å². The predicted molar refractivity (Wildman–Crippen MR) is 93.3 cm³/mol. The molecule has 24 heavy (non-hydrogen) atoms. The number of benzene rings is 2. The van der Waals surface area contributed by atoms with E-state index in [4.69, 9.17) is 37.4 Å². The Balaban J connectivity index is 1.89. The van der Waals surface area contributed by atoms with Crippen molar-refractivity contribution in [1.82, 2.24) is 5.32 Å². The molecule has 2 aromatic rings. The standard InChI is InChI=1S/C17H17Cl2NO4/c1-22-14-7-6-11(8-15(14)23-2)9-20-16(21)10-24-17-12(18)4-3-5-13(17)19/h3-8H,9-10H2,1-2H3,(H,20,21). The molecule has 0 radical (unpaired) electrons. The van der Waals surface area contributed by atoms with Gasteiger partial charge in [0.15, 0.2) is 23.9 Å². The Hall–Kier alpha value is -2.11. The van der Waals surface area contributed by atoms with Gasteiger partial charge in [-0.1, -0.05) is 35.3 Å². The maximum atomic E-state index is 11.9. The fourth-order valence-corrected chi connectivity index (χ4v) is 2.51. The number of para-hydroxylation sites is 1. The van der Waals surface area contributed by atoms with Gasteiger partial charge in [0.1, 0.15) is 0 Å². The average Bonchev–Trinajstić information content (AvgIpc) is 2.59. The van der Waals surface area contributed by atoms with E-state index in [1.165, 1.54) is 0 Å². The van der Waals surface area contributed by atoms with Crippen LogP contribution in [0, 0.1) is 0 Å². The summed E-state index contributed by atoms with van der Waals surface area (Å²) >= 11 is 12.0. The predicted octanol–water partition coefficient (Wildman–Crippen LogP) is 3.71. The van der Waals surface area contributed by atoms with Gasteiger partial charge < -0.3 is 19.5 Å². The number of halogens is 2. The van der Waals surface area contributed by atoms with Gasteiger partial charge in [0.2, 0.25) is 0 Å². The largest absolute Gasteiger partial charge is 0.493 e. The fraction of sp³-hybridized carbons (Fsp3) is 0.235. The molecule has 0 aliphatic heterocycles. The van der Waals surface area contributed by atoms with E-state index in [9.17, 15) is 4.79 Å². The second-order valence-electron chi connectivity index (χ2n) is 4.81. The summed E-state index contributed by atoms with van der Waals surface area (Å²) in [6, 6.07) is 10.4. The van der Waals surface area contributed by atoms with Crippen LogP contribution in [0.25, 0.3) is 0 Å². The van der Waals surface area contributed by atoms with Crippen molar-refractivity contribution in [2.24, 2.45) is 0 Å². The molecule has 2 rings (SSSR count). The van der Waals surface area contributed by atoms with Gasteiger partial charge in [0, 0.05) is 6.54 Å². The molecule has 0 saturated carbocycles. The molecule has 0 aromatic heterocycles. The topological polar surface area (TPSA) is 56.8 Å². The van der Waals surface area contributed by atoms with Crippen LogP contribution < -0.4 is 19.5 Å². The first-order chi connectivity index (χ1) is 11.5. The van der Waals surface area contributed by atoms with Gasteiger partial charge in [-0.15, -0.1) is 0 Å². The summed E-state index contributed by atoms with van der Waals surface area (Å²) < 4.78 is 15.8. The van der Waals surface area contributed by atoms with E-state index < -0.39 is 0 Å². The van der Waals surface area contributed by atoms with Crippen molar-refractivity contribution < 1.29 is 19.0 Å². The lowest BCUT2D eigenvalue weighted by Crippen LogP contribution is -2.28. The van der Waals surface area contributed by atoms with E-state index in [-0.39, 0.29) is 12.5 Å². The SMILES string of the molecule is COc1ccc(CNC(=O)COc2c(Cl)cccc2Cl)cc1OC. The number of ether oxygens (including phenoxy) is 3. The minimum absolute atomic E-state index is 0.184. The van der Waals surface area contributed by atoms with Crippen molar-refractivity contribution in [2.75, 3.05) is 20.8 Å². The third-order valence-corrected chi connectivity index (χ3v) is 3.80. The number of methoxy groups -OCH3 is 2. The van der Waals surface area contributed by atoms with Gasteiger partial charge in [-0.2, -0.15) is 0 Å². The minimum atomic E-state index is -0.291. The Labute approximate surface area is 150 Å². The Morgan fingerprint density at radius 3 is 2.33 bits per heavy atom. The van der Waals surface area contributed by atoms with Gasteiger partial charge in [-0.25, -0.2) is 0 Å². The smallest absolute Gasteiger partial charge is 0.258 e. The van der Waals surface area contributed by atoms with Crippen molar-refractivity contribution in [1.29, 1.82) is 0 Å². The molecule has 0 saturated heterocycles. The zero-order valence-electron chi connectivity index (χ0n) is 13.3. The van der Waals surface area contributed by atoms with Gasteiger partial charge in [-0.3, -0.25) is 4.79 Å². The van der Waals surface area contributed by atoms with E-state index >= 15 is 0 Å². The number of carbonyl (C=O) groups is 1. The second kappa shape index (κ2) is 8.66. The van der Waals surface area contributed by atoms with Crippen molar-refractivity contribution in [3.63, 3.8) is 0 Å². The Morgan fingerprint density at radius 1 is 1.04 bits per heavy atom. The third-order valence-electron chi connectivity index (χ3n) is 3.20. The number of hydrogen-bond acceptors (Lipinski definition) is 4. The summed E-state index contributed by atoms with van der Waals surface area (Å²) in [7, 11) is 3.12. The molecule has 0 heterocycles.